The number of rotatable bonds is 4. The lowest BCUT2D eigenvalue weighted by atomic mass is 10.0. The molecule has 2 rings (SSSR count). The molecule has 0 spiro atoms. The highest BCUT2D eigenvalue weighted by molar-refractivity contribution is 5.16. The molecule has 0 heterocycles. The Morgan fingerprint density at radius 3 is 2.47 bits per heavy atom. The molecule has 1 N–H and O–H groups in total. The number of hydrogen-bond acceptors (Lipinski definition) is 1. The SMILES string of the molecule is CC(NCc1ccc(F)cc1)C1(C)CC1. The molecule has 0 saturated heterocycles. The van der Waals surface area contributed by atoms with Gasteiger partial charge in [-0.15, -0.1) is 0 Å². The maximum atomic E-state index is 12.7. The van der Waals surface area contributed by atoms with Crippen molar-refractivity contribution in [2.75, 3.05) is 0 Å². The van der Waals surface area contributed by atoms with Crippen molar-refractivity contribution in [1.29, 1.82) is 0 Å². The third-order valence-electron chi connectivity index (χ3n) is 3.61. The minimum atomic E-state index is -0.166. The second-order valence-corrected chi connectivity index (χ2v) is 4.88. The number of hydrogen-bond donors (Lipinski definition) is 1. The van der Waals surface area contributed by atoms with Crippen molar-refractivity contribution < 1.29 is 4.39 Å². The fourth-order valence-electron chi connectivity index (χ4n) is 1.75. The van der Waals surface area contributed by atoms with Crippen molar-refractivity contribution in [3.63, 3.8) is 0 Å². The first kappa shape index (κ1) is 10.6. The number of halogens is 1. The van der Waals surface area contributed by atoms with Gasteiger partial charge in [0.15, 0.2) is 0 Å². The predicted octanol–water partition coefficient (Wildman–Crippen LogP) is 3.10. The Bertz CT molecular complexity index is 327. The van der Waals surface area contributed by atoms with Gasteiger partial charge in [0.2, 0.25) is 0 Å². The lowest BCUT2D eigenvalue weighted by Crippen LogP contribution is -2.32. The van der Waals surface area contributed by atoms with E-state index in [1.807, 2.05) is 12.1 Å². The quantitative estimate of drug-likeness (QED) is 0.800. The van der Waals surface area contributed by atoms with Crippen molar-refractivity contribution in [2.45, 2.75) is 39.3 Å². The van der Waals surface area contributed by atoms with E-state index in [0.29, 0.717) is 11.5 Å². The summed E-state index contributed by atoms with van der Waals surface area (Å²) in [5.74, 6) is -0.166. The van der Waals surface area contributed by atoms with Crippen LogP contribution in [0.3, 0.4) is 0 Å². The Morgan fingerprint density at radius 2 is 1.93 bits per heavy atom. The van der Waals surface area contributed by atoms with Gasteiger partial charge in [-0.2, -0.15) is 0 Å². The van der Waals surface area contributed by atoms with Crippen LogP contribution in [-0.2, 0) is 6.54 Å². The predicted molar refractivity (Wildman–Crippen MR) is 60.0 cm³/mol. The van der Waals surface area contributed by atoms with Crippen LogP contribution in [0.5, 0.6) is 0 Å². The van der Waals surface area contributed by atoms with E-state index in [1.165, 1.54) is 25.0 Å². The molecule has 0 aliphatic heterocycles. The number of benzene rings is 1. The molecule has 1 aliphatic rings. The van der Waals surface area contributed by atoms with Crippen LogP contribution >= 0.6 is 0 Å². The van der Waals surface area contributed by atoms with E-state index < -0.39 is 0 Å². The first-order chi connectivity index (χ1) is 7.10. The monoisotopic (exact) mass is 207 g/mol. The highest BCUT2D eigenvalue weighted by Crippen LogP contribution is 2.47. The Hall–Kier alpha value is -0.890. The highest BCUT2D eigenvalue weighted by Gasteiger charge is 2.41. The molecule has 1 nitrogen and oxygen atoms in total. The molecule has 2 heteroatoms. The second kappa shape index (κ2) is 3.93. The zero-order valence-electron chi connectivity index (χ0n) is 9.39. The Balaban J connectivity index is 1.85. The van der Waals surface area contributed by atoms with E-state index in [4.69, 9.17) is 0 Å². The first-order valence-electron chi connectivity index (χ1n) is 5.58. The van der Waals surface area contributed by atoms with Crippen LogP contribution in [0, 0.1) is 11.2 Å². The Morgan fingerprint density at radius 1 is 1.33 bits per heavy atom. The molecule has 82 valence electrons. The first-order valence-corrected chi connectivity index (χ1v) is 5.58. The van der Waals surface area contributed by atoms with E-state index in [9.17, 15) is 4.39 Å². The van der Waals surface area contributed by atoms with Gasteiger partial charge in [0.25, 0.3) is 0 Å². The van der Waals surface area contributed by atoms with Gasteiger partial charge in [-0.25, -0.2) is 4.39 Å². The van der Waals surface area contributed by atoms with Crippen LogP contribution in [0.1, 0.15) is 32.3 Å². The number of nitrogens with one attached hydrogen (secondary N) is 1. The van der Waals surface area contributed by atoms with Gasteiger partial charge in [-0.1, -0.05) is 19.1 Å². The van der Waals surface area contributed by atoms with Gasteiger partial charge >= 0.3 is 0 Å². The van der Waals surface area contributed by atoms with Crippen molar-refractivity contribution >= 4 is 0 Å². The summed E-state index contributed by atoms with van der Waals surface area (Å²) in [6, 6.07) is 7.25. The van der Waals surface area contributed by atoms with E-state index >= 15 is 0 Å². The molecule has 0 amide bonds. The van der Waals surface area contributed by atoms with Crippen molar-refractivity contribution in [3.05, 3.63) is 35.6 Å². The minimum absolute atomic E-state index is 0.166. The molecular formula is C13H18FN. The van der Waals surface area contributed by atoms with Gasteiger partial charge in [0.1, 0.15) is 5.82 Å². The summed E-state index contributed by atoms with van der Waals surface area (Å²) in [5, 5.41) is 3.50. The van der Waals surface area contributed by atoms with Crippen LogP contribution in [0.4, 0.5) is 4.39 Å². The second-order valence-electron chi connectivity index (χ2n) is 4.88. The normalized spacial score (nSPS) is 19.9. The lowest BCUT2D eigenvalue weighted by Gasteiger charge is -2.20. The molecule has 0 aromatic heterocycles. The fraction of sp³-hybridized carbons (Fsp3) is 0.538. The average Bonchev–Trinajstić information content (AvgIpc) is 2.97. The van der Waals surface area contributed by atoms with Gasteiger partial charge in [-0.05, 0) is 42.9 Å². The summed E-state index contributed by atoms with van der Waals surface area (Å²) >= 11 is 0. The Labute approximate surface area is 90.7 Å². The summed E-state index contributed by atoms with van der Waals surface area (Å²) in [7, 11) is 0. The fourth-order valence-corrected chi connectivity index (χ4v) is 1.75. The summed E-state index contributed by atoms with van der Waals surface area (Å²) in [4.78, 5) is 0. The molecule has 1 saturated carbocycles. The Kier molecular flexibility index (Phi) is 2.79. The van der Waals surface area contributed by atoms with E-state index in [1.54, 1.807) is 0 Å². The third-order valence-corrected chi connectivity index (χ3v) is 3.61. The standard InChI is InChI=1S/C13H18FN/c1-10(13(2)7-8-13)15-9-11-3-5-12(14)6-4-11/h3-6,10,15H,7-9H2,1-2H3. The van der Waals surface area contributed by atoms with Crippen LogP contribution in [0.2, 0.25) is 0 Å². The average molecular weight is 207 g/mol. The maximum absolute atomic E-state index is 12.7. The van der Waals surface area contributed by atoms with Crippen molar-refractivity contribution in [1.82, 2.24) is 5.32 Å². The van der Waals surface area contributed by atoms with Gasteiger partial charge in [0, 0.05) is 12.6 Å². The van der Waals surface area contributed by atoms with E-state index in [2.05, 4.69) is 19.2 Å². The molecule has 1 aromatic carbocycles. The molecule has 1 aromatic rings. The molecule has 15 heavy (non-hydrogen) atoms. The van der Waals surface area contributed by atoms with Gasteiger partial charge in [0.05, 0.1) is 0 Å². The molecule has 1 fully saturated rings. The molecular weight excluding hydrogens is 189 g/mol. The minimum Gasteiger partial charge on any atom is -0.310 e. The molecule has 1 aliphatic carbocycles. The highest BCUT2D eigenvalue weighted by atomic mass is 19.1. The lowest BCUT2D eigenvalue weighted by molar-refractivity contribution is 0.380. The van der Waals surface area contributed by atoms with Gasteiger partial charge in [-0.3, -0.25) is 0 Å². The van der Waals surface area contributed by atoms with Crippen LogP contribution in [0.25, 0.3) is 0 Å². The van der Waals surface area contributed by atoms with E-state index in [0.717, 1.165) is 12.1 Å². The smallest absolute Gasteiger partial charge is 0.123 e. The van der Waals surface area contributed by atoms with Crippen LogP contribution in [-0.4, -0.2) is 6.04 Å². The molecule has 0 radical (unpaired) electrons. The summed E-state index contributed by atoms with van der Waals surface area (Å²) < 4.78 is 12.7. The van der Waals surface area contributed by atoms with E-state index in [-0.39, 0.29) is 5.82 Å². The maximum Gasteiger partial charge on any atom is 0.123 e. The van der Waals surface area contributed by atoms with Crippen LogP contribution in [0.15, 0.2) is 24.3 Å². The summed E-state index contributed by atoms with van der Waals surface area (Å²) in [6.45, 7) is 5.38. The molecule has 1 unspecified atom stereocenters. The third kappa shape index (κ3) is 2.57. The molecule has 1 atom stereocenters. The van der Waals surface area contributed by atoms with Gasteiger partial charge < -0.3 is 5.32 Å². The molecule has 0 bridgehead atoms. The van der Waals surface area contributed by atoms with Crippen LogP contribution < -0.4 is 5.32 Å². The summed E-state index contributed by atoms with van der Waals surface area (Å²) in [5.41, 5.74) is 1.65. The zero-order chi connectivity index (χ0) is 10.9. The van der Waals surface area contributed by atoms with Crippen molar-refractivity contribution in [3.8, 4) is 0 Å². The van der Waals surface area contributed by atoms with Crippen molar-refractivity contribution in [2.24, 2.45) is 5.41 Å². The zero-order valence-corrected chi connectivity index (χ0v) is 9.39. The largest absolute Gasteiger partial charge is 0.310 e. The topological polar surface area (TPSA) is 12.0 Å². The summed E-state index contributed by atoms with van der Waals surface area (Å²) in [6.07, 6.45) is 2.65.